The normalized spacial score (nSPS) is 19.7. The number of carbonyl (C=O) groups is 2. The van der Waals surface area contributed by atoms with Gasteiger partial charge < -0.3 is 9.64 Å². The zero-order chi connectivity index (χ0) is 21.8. The lowest BCUT2D eigenvalue weighted by molar-refractivity contribution is -0.132. The van der Waals surface area contributed by atoms with Crippen LogP contribution in [0.5, 0.6) is 0 Å². The quantitative estimate of drug-likeness (QED) is 0.627. The zero-order valence-corrected chi connectivity index (χ0v) is 19.2. The number of aromatic nitrogens is 1. The first-order valence-corrected chi connectivity index (χ1v) is 12.1. The highest BCUT2D eigenvalue weighted by molar-refractivity contribution is 7.15. The summed E-state index contributed by atoms with van der Waals surface area (Å²) in [6.45, 7) is 6.07. The fourth-order valence-electron chi connectivity index (χ4n) is 4.53. The van der Waals surface area contributed by atoms with Crippen LogP contribution in [0.1, 0.15) is 49.6 Å². The van der Waals surface area contributed by atoms with Gasteiger partial charge in [-0.2, -0.15) is 0 Å². The monoisotopic (exact) mass is 441 g/mol. The van der Waals surface area contributed by atoms with Crippen molar-refractivity contribution in [1.29, 1.82) is 0 Å². The molecule has 2 fully saturated rings. The van der Waals surface area contributed by atoms with Crippen LogP contribution in [0.2, 0.25) is 0 Å². The first-order valence-electron chi connectivity index (χ1n) is 11.3. The smallest absolute Gasteiger partial charge is 0.410 e. The molecule has 3 heterocycles. The minimum Gasteiger partial charge on any atom is -0.447 e. The van der Waals surface area contributed by atoms with Crippen LogP contribution in [0, 0.1) is 6.92 Å². The van der Waals surface area contributed by atoms with Crippen molar-refractivity contribution in [2.75, 3.05) is 19.7 Å². The first kappa shape index (κ1) is 21.8. The Morgan fingerprint density at radius 1 is 1.23 bits per heavy atom. The molecule has 7 heteroatoms. The molecule has 0 aliphatic carbocycles. The summed E-state index contributed by atoms with van der Waals surface area (Å²) in [5.74, 6) is 0.123. The highest BCUT2D eigenvalue weighted by Gasteiger charge is 2.39. The lowest BCUT2D eigenvalue weighted by Gasteiger charge is -2.38. The number of ether oxygens (including phenoxy) is 1. The minimum absolute atomic E-state index is 0.123. The van der Waals surface area contributed by atoms with E-state index in [2.05, 4.69) is 6.92 Å². The molecular formula is C24H31N3O3S. The van der Waals surface area contributed by atoms with Crippen LogP contribution < -0.4 is 0 Å². The summed E-state index contributed by atoms with van der Waals surface area (Å²) in [6.07, 6.45) is 5.00. The Bertz CT molecular complexity index is 906. The number of cyclic esters (lactones) is 1. The topological polar surface area (TPSA) is 62.7 Å². The first-order chi connectivity index (χ1) is 15.1. The second-order valence-corrected chi connectivity index (χ2v) is 9.66. The van der Waals surface area contributed by atoms with E-state index in [1.54, 1.807) is 11.3 Å². The van der Waals surface area contributed by atoms with E-state index in [0.717, 1.165) is 53.2 Å². The number of likely N-dealkylation sites (tertiary alicyclic amines) is 1. The van der Waals surface area contributed by atoms with Crippen LogP contribution in [0.3, 0.4) is 0 Å². The lowest BCUT2D eigenvalue weighted by atomic mass is 10.00. The van der Waals surface area contributed by atoms with Gasteiger partial charge in [0.25, 0.3) is 0 Å². The second-order valence-electron chi connectivity index (χ2n) is 8.46. The summed E-state index contributed by atoms with van der Waals surface area (Å²) in [6, 6.07) is 10.5. The van der Waals surface area contributed by atoms with Gasteiger partial charge in [-0.25, -0.2) is 9.78 Å². The van der Waals surface area contributed by atoms with Crippen molar-refractivity contribution in [2.45, 2.75) is 64.5 Å². The highest BCUT2D eigenvalue weighted by Crippen LogP contribution is 2.29. The van der Waals surface area contributed by atoms with E-state index >= 15 is 0 Å². The van der Waals surface area contributed by atoms with E-state index in [4.69, 9.17) is 9.72 Å². The van der Waals surface area contributed by atoms with Gasteiger partial charge in [0, 0.05) is 29.6 Å². The fraction of sp³-hybridized carbons (Fsp3) is 0.542. The van der Waals surface area contributed by atoms with Crippen molar-refractivity contribution in [2.24, 2.45) is 0 Å². The molecule has 2 amide bonds. The third-order valence-corrected chi connectivity index (χ3v) is 7.40. The predicted octanol–water partition coefficient (Wildman–Crippen LogP) is 4.66. The number of rotatable bonds is 7. The van der Waals surface area contributed by atoms with Crippen molar-refractivity contribution in [1.82, 2.24) is 14.8 Å². The number of amides is 2. The third kappa shape index (κ3) is 4.92. The maximum absolute atomic E-state index is 12.9. The minimum atomic E-state index is -0.183. The molecule has 6 nitrogen and oxygen atoms in total. The van der Waals surface area contributed by atoms with Crippen LogP contribution in [0.15, 0.2) is 30.3 Å². The number of hydrogen-bond donors (Lipinski definition) is 0. The van der Waals surface area contributed by atoms with Gasteiger partial charge in [0.15, 0.2) is 0 Å². The van der Waals surface area contributed by atoms with E-state index in [1.165, 1.54) is 0 Å². The molecule has 2 aliphatic heterocycles. The van der Waals surface area contributed by atoms with Gasteiger partial charge in [-0.3, -0.25) is 9.69 Å². The number of carbonyl (C=O) groups excluding carboxylic acids is 2. The van der Waals surface area contributed by atoms with Gasteiger partial charge in [0.2, 0.25) is 5.91 Å². The zero-order valence-electron chi connectivity index (χ0n) is 18.4. The van der Waals surface area contributed by atoms with E-state index in [1.807, 2.05) is 47.1 Å². The Hall–Kier alpha value is -2.41. The maximum atomic E-state index is 12.9. The van der Waals surface area contributed by atoms with Crippen LogP contribution >= 0.6 is 11.3 Å². The molecular weight excluding hydrogens is 410 g/mol. The molecule has 2 aliphatic rings. The second kappa shape index (κ2) is 9.81. The lowest BCUT2D eigenvalue weighted by Crippen LogP contribution is -2.50. The van der Waals surface area contributed by atoms with Crippen molar-refractivity contribution in [3.05, 3.63) is 40.9 Å². The van der Waals surface area contributed by atoms with Crippen molar-refractivity contribution < 1.29 is 14.3 Å². The molecule has 2 aromatic rings. The molecule has 31 heavy (non-hydrogen) atoms. The Balaban J connectivity index is 1.34. The average Bonchev–Trinajstić information content (AvgIpc) is 3.35. The van der Waals surface area contributed by atoms with E-state index in [0.29, 0.717) is 26.1 Å². The third-order valence-electron chi connectivity index (χ3n) is 6.34. The molecule has 4 rings (SSSR count). The van der Waals surface area contributed by atoms with Crippen LogP contribution in [-0.2, 0) is 16.0 Å². The molecule has 0 N–H and O–H groups in total. The maximum Gasteiger partial charge on any atom is 0.410 e. The molecule has 166 valence electrons. The number of nitrogens with zero attached hydrogens (tertiary/aromatic N) is 3. The van der Waals surface area contributed by atoms with Gasteiger partial charge >= 0.3 is 6.09 Å². The largest absolute Gasteiger partial charge is 0.447 e. The summed E-state index contributed by atoms with van der Waals surface area (Å²) >= 11 is 1.64. The molecule has 1 aromatic heterocycles. The molecule has 0 saturated carbocycles. The van der Waals surface area contributed by atoms with Crippen molar-refractivity contribution in [3.63, 3.8) is 0 Å². The average molecular weight is 442 g/mol. The van der Waals surface area contributed by atoms with Gasteiger partial charge in [0.1, 0.15) is 11.6 Å². The molecule has 0 bridgehead atoms. The van der Waals surface area contributed by atoms with Crippen molar-refractivity contribution >= 4 is 23.3 Å². The number of hydrogen-bond acceptors (Lipinski definition) is 5. The fourth-order valence-corrected chi connectivity index (χ4v) is 5.46. The molecule has 2 saturated heterocycles. The summed E-state index contributed by atoms with van der Waals surface area (Å²) in [4.78, 5) is 34.9. The van der Waals surface area contributed by atoms with E-state index < -0.39 is 0 Å². The molecule has 1 aromatic carbocycles. The summed E-state index contributed by atoms with van der Waals surface area (Å²) in [5.41, 5.74) is 1.96. The molecule has 1 unspecified atom stereocenters. The number of unbranched alkanes of at least 4 members (excludes halogenated alkanes) is 1. The predicted molar refractivity (Wildman–Crippen MR) is 122 cm³/mol. The van der Waals surface area contributed by atoms with E-state index in [9.17, 15) is 9.59 Å². The number of aryl methyl sites for hydroxylation is 1. The summed E-state index contributed by atoms with van der Waals surface area (Å²) in [5, 5.41) is 0.963. The number of piperidine rings is 1. The van der Waals surface area contributed by atoms with Crippen molar-refractivity contribution in [3.8, 4) is 10.6 Å². The molecule has 0 radical (unpaired) electrons. The number of benzene rings is 1. The summed E-state index contributed by atoms with van der Waals surface area (Å²) in [7, 11) is 0. The van der Waals surface area contributed by atoms with Gasteiger partial charge in [0.05, 0.1) is 18.2 Å². The van der Waals surface area contributed by atoms with Crippen LogP contribution in [-0.4, -0.2) is 58.6 Å². The van der Waals surface area contributed by atoms with Gasteiger partial charge in [-0.05, 0) is 26.2 Å². The van der Waals surface area contributed by atoms with Crippen LogP contribution in [0.4, 0.5) is 4.79 Å². The SMILES string of the molecule is CCCCC1COC(=O)N1C1CCN(C(=O)Cc2nc(-c3ccccc3)sc2C)CC1. The highest BCUT2D eigenvalue weighted by atomic mass is 32.1. The van der Waals surface area contributed by atoms with Gasteiger partial charge in [-0.1, -0.05) is 50.1 Å². The van der Waals surface area contributed by atoms with Gasteiger partial charge in [-0.15, -0.1) is 11.3 Å². The summed E-state index contributed by atoms with van der Waals surface area (Å²) < 4.78 is 5.33. The Kier molecular flexibility index (Phi) is 6.90. The Morgan fingerprint density at radius 3 is 2.68 bits per heavy atom. The molecule has 0 spiro atoms. The standard InChI is InChI=1S/C24H31N3O3S/c1-3-4-10-20-16-30-24(29)27(20)19-11-13-26(14-12-19)22(28)15-21-17(2)31-23(25-21)18-8-6-5-7-9-18/h5-9,19-20H,3-4,10-16H2,1-2H3. The number of thiazole rings is 1. The Morgan fingerprint density at radius 2 is 1.97 bits per heavy atom. The van der Waals surface area contributed by atoms with E-state index in [-0.39, 0.29) is 24.1 Å². The van der Waals surface area contributed by atoms with Crippen LogP contribution in [0.25, 0.3) is 10.6 Å². The Labute approximate surface area is 188 Å². The molecule has 1 atom stereocenters.